The molecule has 1 fully saturated rings. The maximum atomic E-state index is 14.4. The summed E-state index contributed by atoms with van der Waals surface area (Å²) in [5.41, 5.74) is 2.99. The molecule has 0 aromatic heterocycles. The number of carbonyl (C=O) groups excluding carboxylic acids is 2. The summed E-state index contributed by atoms with van der Waals surface area (Å²) in [6.45, 7) is 4.51. The zero-order valence-electron chi connectivity index (χ0n) is 19.9. The standard InChI is InChI=1S/C28H28F2N4O2/c29-23-6-3-5-21(26(23)30)20-11-12-24(25-22(20)17-32-28(25)36)33-27(35)18-7-9-19(10-8-18)31-13-4-16-34-14-1-2-15-34/h3,5-12,31H,1-2,4,13-17H2,(H,32,36)(H,33,35). The third-order valence-corrected chi connectivity index (χ3v) is 6.78. The van der Waals surface area contributed by atoms with E-state index in [1.807, 2.05) is 12.1 Å². The van der Waals surface area contributed by atoms with Crippen LogP contribution >= 0.6 is 0 Å². The number of rotatable bonds is 8. The molecule has 2 aliphatic rings. The van der Waals surface area contributed by atoms with E-state index in [4.69, 9.17) is 0 Å². The quantitative estimate of drug-likeness (QED) is 0.388. The number of hydrogen-bond acceptors (Lipinski definition) is 4. The van der Waals surface area contributed by atoms with Crippen LogP contribution in [0.15, 0.2) is 54.6 Å². The van der Waals surface area contributed by atoms with Crippen LogP contribution in [0.25, 0.3) is 11.1 Å². The smallest absolute Gasteiger partial charge is 0.255 e. The summed E-state index contributed by atoms with van der Waals surface area (Å²) in [5.74, 6) is -2.66. The third-order valence-electron chi connectivity index (χ3n) is 6.78. The van der Waals surface area contributed by atoms with Crippen molar-refractivity contribution in [2.75, 3.05) is 36.8 Å². The topological polar surface area (TPSA) is 73.5 Å². The molecule has 0 aliphatic carbocycles. The predicted octanol–water partition coefficient (Wildman–Crippen LogP) is 5.03. The van der Waals surface area contributed by atoms with E-state index in [0.29, 0.717) is 22.4 Å². The summed E-state index contributed by atoms with van der Waals surface area (Å²) >= 11 is 0. The lowest BCUT2D eigenvalue weighted by Gasteiger charge is -2.15. The largest absolute Gasteiger partial charge is 0.385 e. The van der Waals surface area contributed by atoms with Crippen molar-refractivity contribution in [1.29, 1.82) is 0 Å². The van der Waals surface area contributed by atoms with Gasteiger partial charge in [0.1, 0.15) is 0 Å². The minimum Gasteiger partial charge on any atom is -0.385 e. The highest BCUT2D eigenvalue weighted by atomic mass is 19.2. The molecule has 8 heteroatoms. The third kappa shape index (κ3) is 4.95. The minimum absolute atomic E-state index is 0.0733. The Kier molecular flexibility index (Phi) is 6.95. The Hall–Kier alpha value is -3.78. The highest BCUT2D eigenvalue weighted by molar-refractivity contribution is 6.11. The number of hydrogen-bond donors (Lipinski definition) is 3. The zero-order valence-corrected chi connectivity index (χ0v) is 19.9. The molecule has 0 saturated carbocycles. The first-order chi connectivity index (χ1) is 17.5. The summed E-state index contributed by atoms with van der Waals surface area (Å²) in [5, 5.41) is 8.90. The van der Waals surface area contributed by atoms with E-state index < -0.39 is 11.6 Å². The fourth-order valence-electron chi connectivity index (χ4n) is 4.89. The van der Waals surface area contributed by atoms with Crippen LogP contribution < -0.4 is 16.0 Å². The van der Waals surface area contributed by atoms with Crippen molar-refractivity contribution >= 4 is 23.2 Å². The van der Waals surface area contributed by atoms with Crippen molar-refractivity contribution in [3.63, 3.8) is 0 Å². The summed E-state index contributed by atoms with van der Waals surface area (Å²) < 4.78 is 28.2. The van der Waals surface area contributed by atoms with Crippen LogP contribution in [0.2, 0.25) is 0 Å². The first-order valence-electron chi connectivity index (χ1n) is 12.3. The molecule has 2 aliphatic heterocycles. The average Bonchev–Trinajstić information content (AvgIpc) is 3.55. The Morgan fingerprint density at radius 1 is 0.972 bits per heavy atom. The van der Waals surface area contributed by atoms with Crippen LogP contribution in [0.3, 0.4) is 0 Å². The molecule has 3 N–H and O–H groups in total. The normalized spacial score (nSPS) is 15.0. The molecule has 0 unspecified atom stereocenters. The zero-order chi connectivity index (χ0) is 25.1. The predicted molar refractivity (Wildman–Crippen MR) is 136 cm³/mol. The van der Waals surface area contributed by atoms with Gasteiger partial charge in [0.25, 0.3) is 11.8 Å². The van der Waals surface area contributed by atoms with Gasteiger partial charge in [0.05, 0.1) is 11.3 Å². The van der Waals surface area contributed by atoms with Crippen LogP contribution in [0.5, 0.6) is 0 Å². The van der Waals surface area contributed by atoms with Crippen molar-refractivity contribution < 1.29 is 18.4 Å². The number of nitrogens with zero attached hydrogens (tertiary/aromatic N) is 1. The van der Waals surface area contributed by atoms with Gasteiger partial charge in [0.15, 0.2) is 11.6 Å². The Labute approximate surface area is 208 Å². The number of halogens is 2. The molecule has 5 rings (SSSR count). The summed E-state index contributed by atoms with van der Waals surface area (Å²) in [6, 6.07) is 14.3. The van der Waals surface area contributed by atoms with Crippen LogP contribution in [0, 0.1) is 11.6 Å². The van der Waals surface area contributed by atoms with Crippen LogP contribution in [-0.4, -0.2) is 42.9 Å². The Balaban J connectivity index is 1.27. The van der Waals surface area contributed by atoms with Gasteiger partial charge in [-0.15, -0.1) is 0 Å². The van der Waals surface area contributed by atoms with Crippen molar-refractivity contribution in [3.8, 4) is 11.1 Å². The van der Waals surface area contributed by atoms with E-state index in [1.54, 1.807) is 24.3 Å². The van der Waals surface area contributed by atoms with Crippen molar-refractivity contribution in [2.45, 2.75) is 25.8 Å². The SMILES string of the molecule is O=C(Nc1ccc(-c2cccc(F)c2F)c2c1C(=O)NC2)c1ccc(NCCCN2CCCC2)cc1. The molecule has 0 radical (unpaired) electrons. The summed E-state index contributed by atoms with van der Waals surface area (Å²) in [6.07, 6.45) is 3.64. The molecule has 1 saturated heterocycles. The lowest BCUT2D eigenvalue weighted by molar-refractivity contribution is 0.0966. The van der Waals surface area contributed by atoms with Gasteiger partial charge in [0, 0.05) is 29.9 Å². The summed E-state index contributed by atoms with van der Waals surface area (Å²) in [7, 11) is 0. The molecule has 186 valence electrons. The van der Waals surface area contributed by atoms with E-state index in [0.717, 1.165) is 31.3 Å². The fraction of sp³-hybridized carbons (Fsp3) is 0.286. The van der Waals surface area contributed by atoms with Gasteiger partial charge < -0.3 is 20.9 Å². The first-order valence-corrected chi connectivity index (χ1v) is 12.3. The van der Waals surface area contributed by atoms with Gasteiger partial charge in [-0.05, 0) is 86.4 Å². The summed E-state index contributed by atoms with van der Waals surface area (Å²) in [4.78, 5) is 27.9. The molecule has 2 amide bonds. The maximum absolute atomic E-state index is 14.4. The first kappa shape index (κ1) is 23.9. The molecule has 6 nitrogen and oxygen atoms in total. The van der Waals surface area contributed by atoms with Crippen LogP contribution in [0.1, 0.15) is 45.5 Å². The Morgan fingerprint density at radius 3 is 2.53 bits per heavy atom. The van der Waals surface area contributed by atoms with Gasteiger partial charge in [-0.25, -0.2) is 8.78 Å². The highest BCUT2D eigenvalue weighted by Crippen LogP contribution is 2.35. The van der Waals surface area contributed by atoms with Crippen LogP contribution in [0.4, 0.5) is 20.2 Å². The van der Waals surface area contributed by atoms with Crippen molar-refractivity contribution in [2.24, 2.45) is 0 Å². The molecule has 2 heterocycles. The molecule has 0 bridgehead atoms. The number of fused-ring (bicyclic) bond motifs is 1. The minimum atomic E-state index is -0.972. The molecule has 3 aromatic rings. The van der Waals surface area contributed by atoms with Gasteiger partial charge in [-0.2, -0.15) is 0 Å². The van der Waals surface area contributed by atoms with E-state index >= 15 is 0 Å². The Morgan fingerprint density at radius 2 is 1.75 bits per heavy atom. The number of nitrogens with one attached hydrogen (secondary N) is 3. The van der Waals surface area contributed by atoms with E-state index in [2.05, 4.69) is 20.9 Å². The second kappa shape index (κ2) is 10.5. The van der Waals surface area contributed by atoms with Gasteiger partial charge >= 0.3 is 0 Å². The lowest BCUT2D eigenvalue weighted by Crippen LogP contribution is -2.22. The van der Waals surface area contributed by atoms with Gasteiger partial charge in [0.2, 0.25) is 0 Å². The molecule has 3 aromatic carbocycles. The van der Waals surface area contributed by atoms with E-state index in [1.165, 1.54) is 38.1 Å². The second-order valence-corrected chi connectivity index (χ2v) is 9.16. The van der Waals surface area contributed by atoms with E-state index in [-0.39, 0.29) is 29.5 Å². The van der Waals surface area contributed by atoms with Crippen molar-refractivity contribution in [3.05, 3.63) is 82.9 Å². The van der Waals surface area contributed by atoms with Crippen molar-refractivity contribution in [1.82, 2.24) is 10.2 Å². The highest BCUT2D eigenvalue weighted by Gasteiger charge is 2.28. The molecule has 0 atom stereocenters. The maximum Gasteiger partial charge on any atom is 0.255 e. The number of likely N-dealkylation sites (tertiary alicyclic amines) is 1. The molecule has 0 spiro atoms. The number of anilines is 2. The number of carbonyl (C=O) groups is 2. The monoisotopic (exact) mass is 490 g/mol. The molecule has 36 heavy (non-hydrogen) atoms. The Bertz CT molecular complexity index is 1290. The van der Waals surface area contributed by atoms with Gasteiger partial charge in [-0.1, -0.05) is 18.2 Å². The molecular weight excluding hydrogens is 462 g/mol. The van der Waals surface area contributed by atoms with Crippen LogP contribution in [-0.2, 0) is 6.54 Å². The number of amides is 2. The van der Waals surface area contributed by atoms with E-state index in [9.17, 15) is 18.4 Å². The average molecular weight is 491 g/mol. The lowest BCUT2D eigenvalue weighted by atomic mass is 9.95. The van der Waals surface area contributed by atoms with Gasteiger partial charge in [-0.3, -0.25) is 9.59 Å². The number of benzene rings is 3. The fourth-order valence-corrected chi connectivity index (χ4v) is 4.89. The second-order valence-electron chi connectivity index (χ2n) is 9.16. The molecular formula is C28H28F2N4O2.